The van der Waals surface area contributed by atoms with E-state index in [-0.39, 0.29) is 0 Å². The largest absolute Gasteiger partial charge is 0.302 e. The Bertz CT molecular complexity index is 432. The molecule has 0 saturated carbocycles. The van der Waals surface area contributed by atoms with Crippen LogP contribution in [0.3, 0.4) is 0 Å². The first-order valence-electron chi connectivity index (χ1n) is 7.26. The molecule has 0 saturated heterocycles. The standard InChI is InChI=1S/C17H23N/c1-18-11-10-17-15(8-5-9-16(17)13-18)12-14-6-3-2-4-7-14/h2-4,6-7,15H,5,8-13H2,1H3. The van der Waals surface area contributed by atoms with E-state index in [1.165, 1.54) is 50.8 Å². The van der Waals surface area contributed by atoms with E-state index in [0.29, 0.717) is 0 Å². The van der Waals surface area contributed by atoms with Crippen molar-refractivity contribution >= 4 is 0 Å². The molecule has 1 nitrogen and oxygen atoms in total. The molecule has 1 aliphatic heterocycles. The summed E-state index contributed by atoms with van der Waals surface area (Å²) in [4.78, 5) is 2.48. The van der Waals surface area contributed by atoms with Gasteiger partial charge in [0, 0.05) is 13.1 Å². The molecule has 1 heteroatoms. The van der Waals surface area contributed by atoms with Crippen LogP contribution in [-0.4, -0.2) is 25.0 Å². The number of rotatable bonds is 2. The number of hydrogen-bond acceptors (Lipinski definition) is 1. The quantitative estimate of drug-likeness (QED) is 0.714. The van der Waals surface area contributed by atoms with Crippen molar-refractivity contribution in [2.75, 3.05) is 20.1 Å². The zero-order chi connectivity index (χ0) is 12.4. The highest BCUT2D eigenvalue weighted by Gasteiger charge is 2.26. The molecule has 0 radical (unpaired) electrons. The van der Waals surface area contributed by atoms with Crippen molar-refractivity contribution in [3.63, 3.8) is 0 Å². The van der Waals surface area contributed by atoms with E-state index in [1.54, 1.807) is 5.57 Å². The van der Waals surface area contributed by atoms with Crippen molar-refractivity contribution in [3.05, 3.63) is 47.0 Å². The van der Waals surface area contributed by atoms with E-state index < -0.39 is 0 Å². The Labute approximate surface area is 111 Å². The van der Waals surface area contributed by atoms with Gasteiger partial charge in [0.1, 0.15) is 0 Å². The summed E-state index contributed by atoms with van der Waals surface area (Å²) in [5.41, 5.74) is 5.08. The zero-order valence-corrected chi connectivity index (χ0v) is 11.4. The molecule has 1 aromatic carbocycles. The number of likely N-dealkylation sites (N-methyl/N-ethyl adjacent to an activating group) is 1. The molecule has 0 fully saturated rings. The van der Waals surface area contributed by atoms with Gasteiger partial charge in [-0.2, -0.15) is 0 Å². The molecule has 0 spiro atoms. The van der Waals surface area contributed by atoms with Crippen molar-refractivity contribution in [3.8, 4) is 0 Å². The topological polar surface area (TPSA) is 3.24 Å². The van der Waals surface area contributed by atoms with Crippen molar-refractivity contribution in [2.45, 2.75) is 32.1 Å². The van der Waals surface area contributed by atoms with Crippen LogP contribution < -0.4 is 0 Å². The highest BCUT2D eigenvalue weighted by molar-refractivity contribution is 5.27. The van der Waals surface area contributed by atoms with Crippen LogP contribution in [0.25, 0.3) is 0 Å². The molecule has 1 atom stereocenters. The maximum Gasteiger partial charge on any atom is 0.0192 e. The molecule has 96 valence electrons. The first-order valence-corrected chi connectivity index (χ1v) is 7.26. The summed E-state index contributed by atoms with van der Waals surface area (Å²) in [6.07, 6.45) is 6.71. The summed E-state index contributed by atoms with van der Waals surface area (Å²) in [5.74, 6) is 0.824. The average Bonchev–Trinajstić information content (AvgIpc) is 2.40. The van der Waals surface area contributed by atoms with Gasteiger partial charge in [-0.15, -0.1) is 0 Å². The Kier molecular flexibility index (Phi) is 3.51. The Hall–Kier alpha value is -1.08. The summed E-state index contributed by atoms with van der Waals surface area (Å²) in [6, 6.07) is 11.0. The van der Waals surface area contributed by atoms with Gasteiger partial charge in [0.25, 0.3) is 0 Å². The minimum atomic E-state index is 0.824. The summed E-state index contributed by atoms with van der Waals surface area (Å²) >= 11 is 0. The first-order chi connectivity index (χ1) is 8.83. The summed E-state index contributed by atoms with van der Waals surface area (Å²) in [6.45, 7) is 2.48. The van der Waals surface area contributed by atoms with E-state index in [1.807, 2.05) is 5.57 Å². The third kappa shape index (κ3) is 2.51. The minimum Gasteiger partial charge on any atom is -0.302 e. The summed E-state index contributed by atoms with van der Waals surface area (Å²) in [7, 11) is 2.25. The molecule has 0 amide bonds. The highest BCUT2D eigenvalue weighted by atomic mass is 15.1. The molecular weight excluding hydrogens is 218 g/mol. The van der Waals surface area contributed by atoms with Gasteiger partial charge < -0.3 is 4.90 Å². The van der Waals surface area contributed by atoms with Crippen LogP contribution >= 0.6 is 0 Å². The molecule has 0 aromatic heterocycles. The lowest BCUT2D eigenvalue weighted by Gasteiger charge is -2.35. The maximum absolute atomic E-state index is 2.48. The van der Waals surface area contributed by atoms with Crippen LogP contribution in [0.1, 0.15) is 31.2 Å². The molecule has 3 rings (SSSR count). The molecule has 1 aliphatic carbocycles. The van der Waals surface area contributed by atoms with Crippen molar-refractivity contribution in [2.24, 2.45) is 5.92 Å². The van der Waals surface area contributed by atoms with E-state index >= 15 is 0 Å². The second-order valence-electron chi connectivity index (χ2n) is 5.90. The highest BCUT2D eigenvalue weighted by Crippen LogP contribution is 2.36. The fraction of sp³-hybridized carbons (Fsp3) is 0.529. The lowest BCUT2D eigenvalue weighted by Crippen LogP contribution is -2.32. The molecule has 1 aromatic rings. The smallest absolute Gasteiger partial charge is 0.0192 e. The fourth-order valence-corrected chi connectivity index (χ4v) is 3.59. The number of benzene rings is 1. The maximum atomic E-state index is 2.48. The SMILES string of the molecule is CN1CCC2=C(CCCC2Cc2ccccc2)C1. The molecule has 18 heavy (non-hydrogen) atoms. The second kappa shape index (κ2) is 5.27. The van der Waals surface area contributed by atoms with Gasteiger partial charge in [0.15, 0.2) is 0 Å². The zero-order valence-electron chi connectivity index (χ0n) is 11.4. The van der Waals surface area contributed by atoms with Crippen LogP contribution in [0.15, 0.2) is 41.5 Å². The van der Waals surface area contributed by atoms with E-state index in [0.717, 1.165) is 5.92 Å². The van der Waals surface area contributed by atoms with Crippen LogP contribution in [0.5, 0.6) is 0 Å². The fourth-order valence-electron chi connectivity index (χ4n) is 3.59. The number of nitrogens with zero attached hydrogens (tertiary/aromatic N) is 1. The van der Waals surface area contributed by atoms with Gasteiger partial charge in [0.05, 0.1) is 0 Å². The van der Waals surface area contributed by atoms with E-state index in [4.69, 9.17) is 0 Å². The lowest BCUT2D eigenvalue weighted by atomic mass is 9.76. The molecule has 1 unspecified atom stereocenters. The van der Waals surface area contributed by atoms with Gasteiger partial charge in [-0.25, -0.2) is 0 Å². The van der Waals surface area contributed by atoms with Crippen LogP contribution in [-0.2, 0) is 6.42 Å². The summed E-state index contributed by atoms with van der Waals surface area (Å²) in [5, 5.41) is 0. The molecule has 0 bridgehead atoms. The molecular formula is C17H23N. The molecule has 1 heterocycles. The Morgan fingerprint density at radius 1 is 1.17 bits per heavy atom. The lowest BCUT2D eigenvalue weighted by molar-refractivity contribution is 0.312. The van der Waals surface area contributed by atoms with Gasteiger partial charge in [-0.3, -0.25) is 0 Å². The third-order valence-electron chi connectivity index (χ3n) is 4.53. The Morgan fingerprint density at radius 3 is 2.83 bits per heavy atom. The normalized spacial score (nSPS) is 25.1. The Balaban J connectivity index is 1.78. The van der Waals surface area contributed by atoms with Gasteiger partial charge in [-0.05, 0) is 50.6 Å². The number of hydrogen-bond donors (Lipinski definition) is 0. The van der Waals surface area contributed by atoms with Gasteiger partial charge in [-0.1, -0.05) is 41.5 Å². The van der Waals surface area contributed by atoms with Crippen molar-refractivity contribution in [1.29, 1.82) is 0 Å². The molecule has 2 aliphatic rings. The average molecular weight is 241 g/mol. The minimum absolute atomic E-state index is 0.824. The van der Waals surface area contributed by atoms with Crippen LogP contribution in [0.4, 0.5) is 0 Å². The third-order valence-corrected chi connectivity index (χ3v) is 4.53. The summed E-state index contributed by atoms with van der Waals surface area (Å²) < 4.78 is 0. The first kappa shape index (κ1) is 12.0. The van der Waals surface area contributed by atoms with E-state index in [9.17, 15) is 0 Å². The Morgan fingerprint density at radius 2 is 2.00 bits per heavy atom. The molecule has 0 N–H and O–H groups in total. The predicted molar refractivity (Wildman–Crippen MR) is 76.6 cm³/mol. The van der Waals surface area contributed by atoms with Crippen molar-refractivity contribution < 1.29 is 0 Å². The van der Waals surface area contributed by atoms with E-state index in [2.05, 4.69) is 42.3 Å². The van der Waals surface area contributed by atoms with Crippen LogP contribution in [0, 0.1) is 5.92 Å². The van der Waals surface area contributed by atoms with Crippen molar-refractivity contribution in [1.82, 2.24) is 4.90 Å². The van der Waals surface area contributed by atoms with Gasteiger partial charge in [0.2, 0.25) is 0 Å². The van der Waals surface area contributed by atoms with Gasteiger partial charge >= 0.3 is 0 Å². The second-order valence-corrected chi connectivity index (χ2v) is 5.90. The monoisotopic (exact) mass is 241 g/mol. The predicted octanol–water partition coefficient (Wildman–Crippen LogP) is 3.66. The van der Waals surface area contributed by atoms with Crippen LogP contribution in [0.2, 0.25) is 0 Å².